The summed E-state index contributed by atoms with van der Waals surface area (Å²) in [5.74, 6) is 2.09. The van der Waals surface area contributed by atoms with Gasteiger partial charge in [-0.05, 0) is 59.6 Å². The lowest BCUT2D eigenvalue weighted by Gasteiger charge is -2.53. The van der Waals surface area contributed by atoms with Crippen molar-refractivity contribution < 1.29 is 19.0 Å². The summed E-state index contributed by atoms with van der Waals surface area (Å²) in [6, 6.07) is 6.82. The average molecular weight is 443 g/mol. The van der Waals surface area contributed by atoms with E-state index in [2.05, 4.69) is 42.3 Å². The predicted molar refractivity (Wildman–Crippen MR) is 122 cm³/mol. The number of fused-ring (bicyclic) bond motifs is 1. The van der Waals surface area contributed by atoms with E-state index in [4.69, 9.17) is 14.2 Å². The lowest BCUT2D eigenvalue weighted by Crippen LogP contribution is -2.58. The lowest BCUT2D eigenvalue weighted by molar-refractivity contribution is -0.136. The van der Waals surface area contributed by atoms with Crippen LogP contribution in [0.3, 0.4) is 0 Å². The van der Waals surface area contributed by atoms with Crippen molar-refractivity contribution in [2.45, 2.75) is 58.7 Å². The molecule has 5 atom stereocenters. The highest BCUT2D eigenvalue weighted by molar-refractivity contribution is 5.73. The number of amides is 1. The summed E-state index contributed by atoms with van der Waals surface area (Å²) in [5.41, 5.74) is 2.74. The van der Waals surface area contributed by atoms with E-state index < -0.39 is 0 Å². The van der Waals surface area contributed by atoms with Crippen LogP contribution in [0.5, 0.6) is 5.75 Å². The fourth-order valence-electron chi connectivity index (χ4n) is 7.42. The van der Waals surface area contributed by atoms with E-state index in [0.29, 0.717) is 11.8 Å². The minimum Gasteiger partial charge on any atom is -0.496 e. The van der Waals surface area contributed by atoms with Crippen molar-refractivity contribution in [2.75, 3.05) is 40.0 Å². The van der Waals surface area contributed by atoms with Crippen molar-refractivity contribution in [3.8, 4) is 5.75 Å². The number of nitrogens with one attached hydrogen (secondary N) is 1. The second kappa shape index (κ2) is 8.30. The van der Waals surface area contributed by atoms with Gasteiger partial charge < -0.3 is 19.5 Å². The number of carbonyl (C=O) groups excluding carboxylic acids is 1. The van der Waals surface area contributed by atoms with Gasteiger partial charge in [0.25, 0.3) is 0 Å². The van der Waals surface area contributed by atoms with Crippen molar-refractivity contribution in [2.24, 2.45) is 22.7 Å². The number of hydrogen-bond donors (Lipinski definition) is 1. The van der Waals surface area contributed by atoms with Crippen molar-refractivity contribution in [1.29, 1.82) is 0 Å². The van der Waals surface area contributed by atoms with Gasteiger partial charge in [-0.3, -0.25) is 9.69 Å². The molecule has 2 saturated carbocycles. The molecule has 1 N–H and O–H groups in total. The number of carbonyl (C=O) groups is 1. The molecule has 4 fully saturated rings. The number of methoxy groups -OCH3 is 1. The summed E-state index contributed by atoms with van der Waals surface area (Å²) < 4.78 is 17.7. The average Bonchev–Trinajstić information content (AvgIpc) is 3.27. The van der Waals surface area contributed by atoms with Crippen molar-refractivity contribution >= 4 is 5.91 Å². The Labute approximate surface area is 192 Å². The highest BCUT2D eigenvalue weighted by atomic mass is 16.5. The third-order valence-electron chi connectivity index (χ3n) is 8.98. The Morgan fingerprint density at radius 1 is 1.25 bits per heavy atom. The third kappa shape index (κ3) is 3.55. The molecule has 2 aliphatic heterocycles. The predicted octanol–water partition coefficient (Wildman–Crippen LogP) is 3.55. The minimum absolute atomic E-state index is 0.0791. The fraction of sp³-hybridized carbons (Fsp3) is 0.731. The van der Waals surface area contributed by atoms with Crippen LogP contribution in [0.25, 0.3) is 0 Å². The summed E-state index contributed by atoms with van der Waals surface area (Å²) in [5, 5.41) is 3.38. The first-order chi connectivity index (χ1) is 15.3. The molecule has 1 aromatic carbocycles. The maximum atomic E-state index is 12.1. The van der Waals surface area contributed by atoms with E-state index >= 15 is 0 Å². The van der Waals surface area contributed by atoms with Crippen LogP contribution >= 0.6 is 0 Å². The second-order valence-electron chi connectivity index (χ2n) is 10.9. The Morgan fingerprint density at radius 2 is 2.03 bits per heavy atom. The molecule has 1 unspecified atom stereocenters. The Morgan fingerprint density at radius 3 is 2.75 bits per heavy atom. The third-order valence-corrected chi connectivity index (χ3v) is 8.98. The molecule has 5 rings (SSSR count). The first kappa shape index (κ1) is 22.2. The zero-order valence-electron chi connectivity index (χ0n) is 20.0. The van der Waals surface area contributed by atoms with Gasteiger partial charge in [0.15, 0.2) is 0 Å². The van der Waals surface area contributed by atoms with Crippen LogP contribution in [0.4, 0.5) is 0 Å². The topological polar surface area (TPSA) is 60.0 Å². The second-order valence-corrected chi connectivity index (χ2v) is 10.9. The Kier molecular flexibility index (Phi) is 5.75. The molecule has 6 nitrogen and oxygen atoms in total. The molecule has 1 spiro atoms. The van der Waals surface area contributed by atoms with E-state index in [9.17, 15) is 4.79 Å². The molecule has 4 aliphatic rings. The number of hydrogen-bond acceptors (Lipinski definition) is 5. The molecule has 2 saturated heterocycles. The lowest BCUT2D eigenvalue weighted by atomic mass is 9.59. The van der Waals surface area contributed by atoms with Crippen LogP contribution in [0.15, 0.2) is 18.2 Å². The van der Waals surface area contributed by atoms with Crippen molar-refractivity contribution in [3.63, 3.8) is 0 Å². The Hall–Kier alpha value is -1.63. The van der Waals surface area contributed by atoms with Gasteiger partial charge in [0.1, 0.15) is 5.75 Å². The van der Waals surface area contributed by atoms with Gasteiger partial charge in [-0.1, -0.05) is 19.9 Å². The number of benzene rings is 1. The number of rotatable bonds is 5. The van der Waals surface area contributed by atoms with Crippen LogP contribution in [0.1, 0.15) is 57.3 Å². The van der Waals surface area contributed by atoms with Crippen molar-refractivity contribution in [3.05, 3.63) is 29.3 Å². The minimum atomic E-state index is 0.0791. The standard InChI is InChI=1S/C26H38N2O4/c1-17(29)27-24-25(2,3)20-14-21-23(32-10-7-26(21,24)15-20)18-5-6-22(30-4)19(13-18)16-28-8-11-31-12-9-28/h5-6,13,20-21,23-24H,7-12,14-16H2,1-4H3,(H,27,29)/t20-,21-,23-,24-,26?/m1/s1. The molecule has 0 aromatic heterocycles. The van der Waals surface area contributed by atoms with Gasteiger partial charge >= 0.3 is 0 Å². The van der Waals surface area contributed by atoms with Gasteiger partial charge in [0.05, 0.1) is 26.4 Å². The van der Waals surface area contributed by atoms with E-state index in [1.54, 1.807) is 14.0 Å². The first-order valence-electron chi connectivity index (χ1n) is 12.2. The monoisotopic (exact) mass is 442 g/mol. The van der Waals surface area contributed by atoms with Crippen molar-refractivity contribution in [1.82, 2.24) is 10.2 Å². The smallest absolute Gasteiger partial charge is 0.217 e. The zero-order chi connectivity index (χ0) is 22.5. The summed E-state index contributed by atoms with van der Waals surface area (Å²) in [6.45, 7) is 11.5. The first-order valence-corrected chi connectivity index (χ1v) is 12.2. The molecule has 2 aliphatic carbocycles. The highest BCUT2D eigenvalue weighted by Crippen LogP contribution is 2.70. The van der Waals surface area contributed by atoms with Crippen LogP contribution in [0, 0.1) is 22.7 Å². The SMILES string of the molecule is COc1ccc([C@H]2OCCC34C[C@@H](C[C@H]23)C(C)(C)[C@H]4NC(C)=O)cc1CN1CCOCC1. The summed E-state index contributed by atoms with van der Waals surface area (Å²) >= 11 is 0. The molecule has 0 radical (unpaired) electrons. The fourth-order valence-corrected chi connectivity index (χ4v) is 7.42. The quantitative estimate of drug-likeness (QED) is 0.756. The van der Waals surface area contributed by atoms with Crippen LogP contribution < -0.4 is 10.1 Å². The van der Waals surface area contributed by atoms with Gasteiger partial charge in [0, 0.05) is 44.8 Å². The summed E-state index contributed by atoms with van der Waals surface area (Å²) in [4.78, 5) is 14.6. The molecule has 176 valence electrons. The molecular weight excluding hydrogens is 404 g/mol. The Bertz CT molecular complexity index is 865. The summed E-state index contributed by atoms with van der Waals surface area (Å²) in [6.07, 6.45) is 3.50. The normalized spacial score (nSPS) is 36.0. The van der Waals surface area contributed by atoms with Crippen LogP contribution in [0.2, 0.25) is 0 Å². The maximum absolute atomic E-state index is 12.1. The van der Waals surface area contributed by atoms with Crippen LogP contribution in [-0.2, 0) is 20.8 Å². The molecule has 2 bridgehead atoms. The molecule has 6 heteroatoms. The number of morpholine rings is 1. The van der Waals surface area contributed by atoms with Gasteiger partial charge in [0.2, 0.25) is 5.91 Å². The number of ether oxygens (including phenoxy) is 3. The Balaban J connectivity index is 1.44. The van der Waals surface area contributed by atoms with E-state index in [1.807, 2.05) is 0 Å². The largest absolute Gasteiger partial charge is 0.496 e. The molecule has 2 heterocycles. The maximum Gasteiger partial charge on any atom is 0.217 e. The van der Waals surface area contributed by atoms with Gasteiger partial charge in [-0.2, -0.15) is 0 Å². The highest BCUT2D eigenvalue weighted by Gasteiger charge is 2.68. The molecule has 1 aromatic rings. The molecular formula is C26H38N2O4. The van der Waals surface area contributed by atoms with Crippen LogP contribution in [-0.4, -0.2) is 56.9 Å². The molecule has 32 heavy (non-hydrogen) atoms. The molecule has 1 amide bonds. The number of nitrogens with zero attached hydrogens (tertiary/aromatic N) is 1. The summed E-state index contributed by atoms with van der Waals surface area (Å²) in [7, 11) is 1.75. The zero-order valence-corrected chi connectivity index (χ0v) is 20.0. The van der Waals surface area contributed by atoms with Gasteiger partial charge in [-0.15, -0.1) is 0 Å². The van der Waals surface area contributed by atoms with E-state index in [1.165, 1.54) is 24.0 Å². The van der Waals surface area contributed by atoms with E-state index in [0.717, 1.165) is 51.6 Å². The van der Waals surface area contributed by atoms with Gasteiger partial charge in [-0.25, -0.2) is 0 Å². The van der Waals surface area contributed by atoms with E-state index in [-0.39, 0.29) is 28.9 Å².